The van der Waals surface area contributed by atoms with E-state index in [1.54, 1.807) is 0 Å². The Morgan fingerprint density at radius 2 is 1.90 bits per heavy atom. The molecular formula is C12H8FN3O5. The molecule has 0 aliphatic rings. The molecule has 1 heterocycles. The van der Waals surface area contributed by atoms with E-state index in [1.807, 2.05) is 4.98 Å². The van der Waals surface area contributed by atoms with Crippen molar-refractivity contribution in [1.29, 1.82) is 0 Å². The first kappa shape index (κ1) is 14.2. The van der Waals surface area contributed by atoms with Crippen molar-refractivity contribution >= 4 is 17.6 Å². The van der Waals surface area contributed by atoms with E-state index in [9.17, 15) is 23.6 Å². The van der Waals surface area contributed by atoms with Gasteiger partial charge in [0, 0.05) is 6.20 Å². The van der Waals surface area contributed by atoms with Crippen molar-refractivity contribution in [1.82, 2.24) is 9.97 Å². The lowest BCUT2D eigenvalue weighted by molar-refractivity contribution is 0.0698. The van der Waals surface area contributed by atoms with Crippen LogP contribution in [0.2, 0.25) is 0 Å². The van der Waals surface area contributed by atoms with Gasteiger partial charge in [0.1, 0.15) is 11.4 Å². The molecule has 0 aliphatic heterocycles. The van der Waals surface area contributed by atoms with Crippen LogP contribution in [0.15, 0.2) is 34.0 Å². The van der Waals surface area contributed by atoms with Gasteiger partial charge >= 0.3 is 11.7 Å². The zero-order valence-electron chi connectivity index (χ0n) is 10.3. The average Bonchev–Trinajstić information content (AvgIpc) is 2.37. The molecule has 4 N–H and O–H groups in total. The number of benzene rings is 1. The molecule has 8 nitrogen and oxygen atoms in total. The Bertz CT molecular complexity index is 839. The summed E-state index contributed by atoms with van der Waals surface area (Å²) in [6, 6.07) is 2.71. The van der Waals surface area contributed by atoms with Crippen LogP contribution in [0.5, 0.6) is 0 Å². The Kier molecular flexibility index (Phi) is 3.65. The Balaban J connectivity index is 2.40. The molecule has 108 valence electrons. The lowest BCUT2D eigenvalue weighted by Crippen LogP contribution is -2.30. The van der Waals surface area contributed by atoms with Crippen molar-refractivity contribution in [2.45, 2.75) is 0 Å². The first-order chi connectivity index (χ1) is 9.88. The van der Waals surface area contributed by atoms with E-state index in [2.05, 4.69) is 10.3 Å². The lowest BCUT2D eigenvalue weighted by Gasteiger charge is -2.08. The van der Waals surface area contributed by atoms with E-state index in [0.29, 0.717) is 0 Å². The number of aromatic carboxylic acids is 1. The Labute approximate surface area is 115 Å². The number of anilines is 1. The number of halogens is 1. The van der Waals surface area contributed by atoms with Crippen molar-refractivity contribution in [3.63, 3.8) is 0 Å². The quantitative estimate of drug-likeness (QED) is 0.639. The van der Waals surface area contributed by atoms with Crippen LogP contribution < -0.4 is 16.6 Å². The maximum absolute atomic E-state index is 13.1. The molecule has 1 aromatic carbocycles. The van der Waals surface area contributed by atoms with Crippen LogP contribution in [0, 0.1) is 5.82 Å². The SMILES string of the molecule is O=C(O)c1ccc(F)cc1NC(=O)c1c[nH]c(=O)[nH]c1=O. The molecule has 9 heteroatoms. The van der Waals surface area contributed by atoms with Gasteiger partial charge in [0.2, 0.25) is 0 Å². The molecule has 0 saturated carbocycles. The summed E-state index contributed by atoms with van der Waals surface area (Å²) in [5, 5.41) is 11.0. The van der Waals surface area contributed by atoms with Crippen LogP contribution in [0.4, 0.5) is 10.1 Å². The number of carbonyl (C=O) groups is 2. The summed E-state index contributed by atoms with van der Waals surface area (Å²) in [5.41, 5.74) is -2.85. The summed E-state index contributed by atoms with van der Waals surface area (Å²) >= 11 is 0. The number of hydrogen-bond donors (Lipinski definition) is 4. The number of amides is 1. The third kappa shape index (κ3) is 3.03. The second kappa shape index (κ2) is 5.41. The minimum absolute atomic E-state index is 0.307. The number of aromatic amines is 2. The van der Waals surface area contributed by atoms with Crippen molar-refractivity contribution < 1.29 is 19.1 Å². The highest BCUT2D eigenvalue weighted by molar-refractivity contribution is 6.07. The number of nitrogens with one attached hydrogen (secondary N) is 3. The average molecular weight is 293 g/mol. The van der Waals surface area contributed by atoms with Crippen LogP contribution in [0.25, 0.3) is 0 Å². The number of aromatic nitrogens is 2. The number of carboxylic acids is 1. The molecule has 0 bridgehead atoms. The van der Waals surface area contributed by atoms with Gasteiger partial charge in [-0.2, -0.15) is 0 Å². The predicted octanol–water partition coefficient (Wildman–Crippen LogP) is 0.153. The Hall–Kier alpha value is -3.23. The van der Waals surface area contributed by atoms with Gasteiger partial charge < -0.3 is 15.4 Å². The van der Waals surface area contributed by atoms with Gasteiger partial charge in [-0.25, -0.2) is 14.0 Å². The molecule has 0 aliphatic carbocycles. The second-order valence-electron chi connectivity index (χ2n) is 3.93. The largest absolute Gasteiger partial charge is 0.478 e. The molecule has 1 aromatic heterocycles. The zero-order valence-corrected chi connectivity index (χ0v) is 10.3. The highest BCUT2D eigenvalue weighted by Gasteiger charge is 2.16. The zero-order chi connectivity index (χ0) is 15.6. The molecule has 0 atom stereocenters. The maximum atomic E-state index is 13.1. The number of carbonyl (C=O) groups excluding carboxylic acids is 1. The molecule has 0 fully saturated rings. The number of carboxylic acid groups (broad SMARTS) is 1. The molecule has 0 saturated heterocycles. The van der Waals surface area contributed by atoms with Crippen molar-refractivity contribution in [2.24, 2.45) is 0 Å². The minimum Gasteiger partial charge on any atom is -0.478 e. The fraction of sp³-hybridized carbons (Fsp3) is 0. The molecular weight excluding hydrogens is 285 g/mol. The first-order valence-electron chi connectivity index (χ1n) is 5.54. The normalized spacial score (nSPS) is 10.1. The lowest BCUT2D eigenvalue weighted by atomic mass is 10.1. The molecule has 2 aromatic rings. The van der Waals surface area contributed by atoms with Gasteiger partial charge in [-0.15, -0.1) is 0 Å². The third-order valence-electron chi connectivity index (χ3n) is 2.52. The van der Waals surface area contributed by atoms with Crippen LogP contribution >= 0.6 is 0 Å². The molecule has 1 amide bonds. The standard InChI is InChI=1S/C12H8FN3O5/c13-5-1-2-6(11(19)20)8(3-5)15-9(17)7-4-14-12(21)16-10(7)18/h1-4H,(H,15,17)(H,19,20)(H2,14,16,18,21). The number of hydrogen-bond acceptors (Lipinski definition) is 4. The number of rotatable bonds is 3. The summed E-state index contributed by atoms with van der Waals surface area (Å²) in [6.07, 6.45) is 0.871. The molecule has 0 spiro atoms. The Morgan fingerprint density at radius 3 is 2.52 bits per heavy atom. The van der Waals surface area contributed by atoms with Crippen molar-refractivity contribution in [3.8, 4) is 0 Å². The van der Waals surface area contributed by atoms with Gasteiger partial charge in [0.25, 0.3) is 11.5 Å². The maximum Gasteiger partial charge on any atom is 0.337 e. The molecule has 21 heavy (non-hydrogen) atoms. The summed E-state index contributed by atoms with van der Waals surface area (Å²) in [7, 11) is 0. The first-order valence-corrected chi connectivity index (χ1v) is 5.54. The van der Waals surface area contributed by atoms with Gasteiger partial charge in [0.05, 0.1) is 11.3 Å². The van der Waals surface area contributed by atoms with Gasteiger partial charge in [-0.05, 0) is 18.2 Å². The van der Waals surface area contributed by atoms with Gasteiger partial charge in [0.15, 0.2) is 0 Å². The van der Waals surface area contributed by atoms with Crippen LogP contribution in [-0.2, 0) is 0 Å². The van der Waals surface area contributed by atoms with Crippen LogP contribution in [0.3, 0.4) is 0 Å². The monoisotopic (exact) mass is 293 g/mol. The molecule has 2 rings (SSSR count). The summed E-state index contributed by atoms with van der Waals surface area (Å²) < 4.78 is 13.1. The third-order valence-corrected chi connectivity index (χ3v) is 2.52. The predicted molar refractivity (Wildman–Crippen MR) is 69.0 cm³/mol. The van der Waals surface area contributed by atoms with E-state index in [-0.39, 0.29) is 11.3 Å². The van der Waals surface area contributed by atoms with Crippen LogP contribution in [0.1, 0.15) is 20.7 Å². The summed E-state index contributed by atoms with van der Waals surface area (Å²) in [4.78, 5) is 49.0. The van der Waals surface area contributed by atoms with Gasteiger partial charge in [-0.3, -0.25) is 14.6 Å². The van der Waals surface area contributed by atoms with E-state index in [4.69, 9.17) is 5.11 Å². The summed E-state index contributed by atoms with van der Waals surface area (Å²) in [6.45, 7) is 0. The topological polar surface area (TPSA) is 132 Å². The second-order valence-corrected chi connectivity index (χ2v) is 3.93. The van der Waals surface area contributed by atoms with E-state index in [0.717, 1.165) is 24.4 Å². The molecule has 0 radical (unpaired) electrons. The highest BCUT2D eigenvalue weighted by atomic mass is 19.1. The fourth-order valence-electron chi connectivity index (χ4n) is 1.57. The fourth-order valence-corrected chi connectivity index (χ4v) is 1.57. The van der Waals surface area contributed by atoms with Crippen molar-refractivity contribution in [3.05, 3.63) is 62.2 Å². The smallest absolute Gasteiger partial charge is 0.337 e. The minimum atomic E-state index is -1.37. The molecule has 0 unspecified atom stereocenters. The Morgan fingerprint density at radius 1 is 1.19 bits per heavy atom. The summed E-state index contributed by atoms with van der Waals surface area (Å²) in [5.74, 6) is -3.12. The van der Waals surface area contributed by atoms with E-state index >= 15 is 0 Å². The van der Waals surface area contributed by atoms with Crippen molar-refractivity contribution in [2.75, 3.05) is 5.32 Å². The van der Waals surface area contributed by atoms with E-state index < -0.39 is 34.5 Å². The number of H-pyrrole nitrogens is 2. The van der Waals surface area contributed by atoms with Crippen LogP contribution in [-0.4, -0.2) is 27.0 Å². The van der Waals surface area contributed by atoms with E-state index in [1.165, 1.54) is 0 Å². The highest BCUT2D eigenvalue weighted by Crippen LogP contribution is 2.17. The van der Waals surface area contributed by atoms with Gasteiger partial charge in [-0.1, -0.05) is 0 Å².